The summed E-state index contributed by atoms with van der Waals surface area (Å²) >= 11 is 0. The third-order valence-electron chi connectivity index (χ3n) is 3.42. The summed E-state index contributed by atoms with van der Waals surface area (Å²) in [5.41, 5.74) is 0.680. The van der Waals surface area contributed by atoms with Crippen molar-refractivity contribution in [2.75, 3.05) is 20.6 Å². The molecule has 2 atom stereocenters. The number of alkyl halides is 3. The van der Waals surface area contributed by atoms with Gasteiger partial charge in [-0.2, -0.15) is 13.2 Å². The number of benzene rings is 1. The van der Waals surface area contributed by atoms with Crippen LogP contribution in [0.25, 0.3) is 0 Å². The Morgan fingerprint density at radius 2 is 1.67 bits per heavy atom. The lowest BCUT2D eigenvalue weighted by atomic mass is 9.98. The second-order valence-corrected chi connectivity index (χ2v) is 6.06. The number of hydrogen-bond acceptors (Lipinski definition) is 2. The van der Waals surface area contributed by atoms with Crippen LogP contribution < -0.4 is 5.32 Å². The van der Waals surface area contributed by atoms with Crippen LogP contribution >= 0.6 is 0 Å². The van der Waals surface area contributed by atoms with Gasteiger partial charge in [0.15, 0.2) is 0 Å². The van der Waals surface area contributed by atoms with E-state index < -0.39 is 18.6 Å². The van der Waals surface area contributed by atoms with Gasteiger partial charge < -0.3 is 10.2 Å². The van der Waals surface area contributed by atoms with E-state index in [0.29, 0.717) is 12.1 Å². The van der Waals surface area contributed by atoms with Crippen LogP contribution in [0.2, 0.25) is 0 Å². The van der Waals surface area contributed by atoms with E-state index in [4.69, 9.17) is 0 Å². The highest BCUT2D eigenvalue weighted by Crippen LogP contribution is 2.30. The maximum atomic E-state index is 12.9. The smallest absolute Gasteiger partial charge is 0.308 e. The molecule has 0 aliphatic carbocycles. The Kier molecular flexibility index (Phi) is 6.68. The lowest BCUT2D eigenvalue weighted by molar-refractivity contribution is -0.141. The summed E-state index contributed by atoms with van der Waals surface area (Å²) in [6.45, 7) is 4.76. The van der Waals surface area contributed by atoms with Gasteiger partial charge in [-0.3, -0.25) is 0 Å². The van der Waals surface area contributed by atoms with Gasteiger partial charge in [0, 0.05) is 18.6 Å². The van der Waals surface area contributed by atoms with Gasteiger partial charge in [-0.15, -0.1) is 0 Å². The van der Waals surface area contributed by atoms with Crippen LogP contribution in [0, 0.1) is 5.92 Å². The second kappa shape index (κ2) is 7.80. The molecule has 0 spiro atoms. The van der Waals surface area contributed by atoms with E-state index in [9.17, 15) is 13.2 Å². The summed E-state index contributed by atoms with van der Waals surface area (Å²) in [5.74, 6) is 0.256. The number of nitrogens with one attached hydrogen (secondary N) is 1. The first-order valence-electron chi connectivity index (χ1n) is 7.21. The lowest BCUT2D eigenvalue weighted by Gasteiger charge is -2.31. The Bertz CT molecular complexity index is 402. The zero-order valence-electron chi connectivity index (χ0n) is 13.1. The summed E-state index contributed by atoms with van der Waals surface area (Å²) < 4.78 is 38.6. The average Bonchev–Trinajstić information content (AvgIpc) is 2.36. The molecule has 0 bridgehead atoms. The van der Waals surface area contributed by atoms with E-state index in [1.54, 1.807) is 24.3 Å². The Labute approximate surface area is 125 Å². The van der Waals surface area contributed by atoms with Crippen molar-refractivity contribution < 1.29 is 13.2 Å². The van der Waals surface area contributed by atoms with Crippen LogP contribution in [-0.2, 0) is 0 Å². The molecule has 1 N–H and O–H groups in total. The fraction of sp³-hybridized carbons (Fsp3) is 0.625. The van der Waals surface area contributed by atoms with Crippen molar-refractivity contribution in [3.8, 4) is 0 Å². The fourth-order valence-corrected chi connectivity index (χ4v) is 2.30. The van der Waals surface area contributed by atoms with Gasteiger partial charge in [-0.25, -0.2) is 0 Å². The number of likely N-dealkylation sites (N-methyl/N-ethyl adjacent to an activating group) is 1. The standard InChI is InChI=1S/C16H25F3N2/c1-12(2)15(11-21(3)4)20-14(10-16(17,18)19)13-8-6-5-7-9-13/h5-9,12,14-15,20H,10-11H2,1-4H3. The van der Waals surface area contributed by atoms with Crippen LogP contribution in [0.1, 0.15) is 31.9 Å². The average molecular weight is 302 g/mol. The van der Waals surface area contributed by atoms with Gasteiger partial charge >= 0.3 is 6.18 Å². The normalized spacial score (nSPS) is 15.5. The molecule has 1 aromatic carbocycles. The summed E-state index contributed by atoms with van der Waals surface area (Å²) in [6, 6.07) is 8.15. The molecule has 0 saturated heterocycles. The van der Waals surface area contributed by atoms with Crippen molar-refractivity contribution >= 4 is 0 Å². The third kappa shape index (κ3) is 6.96. The maximum absolute atomic E-state index is 12.9. The molecular formula is C16H25F3N2. The third-order valence-corrected chi connectivity index (χ3v) is 3.42. The quantitative estimate of drug-likeness (QED) is 0.823. The minimum atomic E-state index is -4.19. The molecule has 2 unspecified atom stereocenters. The summed E-state index contributed by atoms with van der Waals surface area (Å²) in [5, 5.41) is 3.20. The van der Waals surface area contributed by atoms with Crippen LogP contribution in [0.4, 0.5) is 13.2 Å². The van der Waals surface area contributed by atoms with E-state index >= 15 is 0 Å². The predicted octanol–water partition coefficient (Wildman–Crippen LogP) is 3.86. The molecule has 0 radical (unpaired) electrons. The fourth-order valence-electron chi connectivity index (χ4n) is 2.30. The highest BCUT2D eigenvalue weighted by Gasteiger charge is 2.34. The highest BCUT2D eigenvalue weighted by molar-refractivity contribution is 5.19. The van der Waals surface area contributed by atoms with Gasteiger partial charge in [0.1, 0.15) is 0 Å². The topological polar surface area (TPSA) is 15.3 Å². The van der Waals surface area contributed by atoms with Gasteiger partial charge in [0.05, 0.1) is 6.42 Å². The van der Waals surface area contributed by atoms with Gasteiger partial charge in [-0.1, -0.05) is 44.2 Å². The first-order valence-corrected chi connectivity index (χ1v) is 7.21. The molecule has 0 aromatic heterocycles. The molecule has 21 heavy (non-hydrogen) atoms. The van der Waals surface area contributed by atoms with Crippen LogP contribution in [0.3, 0.4) is 0 Å². The summed E-state index contributed by atoms with van der Waals surface area (Å²) in [7, 11) is 3.86. The van der Waals surface area contributed by atoms with E-state index in [2.05, 4.69) is 5.32 Å². The van der Waals surface area contributed by atoms with Gasteiger partial charge in [0.2, 0.25) is 0 Å². The van der Waals surface area contributed by atoms with Crippen molar-refractivity contribution in [1.29, 1.82) is 0 Å². The van der Waals surface area contributed by atoms with Gasteiger partial charge in [-0.05, 0) is 25.6 Å². The van der Waals surface area contributed by atoms with Crippen molar-refractivity contribution in [2.24, 2.45) is 5.92 Å². The SMILES string of the molecule is CC(C)C(CN(C)C)NC(CC(F)(F)F)c1ccccc1. The molecule has 2 nitrogen and oxygen atoms in total. The van der Waals surface area contributed by atoms with Gasteiger partial charge in [0.25, 0.3) is 0 Å². The minimum absolute atomic E-state index is 0.00700. The van der Waals surface area contributed by atoms with Crippen LogP contribution in [-0.4, -0.2) is 37.8 Å². The van der Waals surface area contributed by atoms with Crippen molar-refractivity contribution in [1.82, 2.24) is 10.2 Å². The lowest BCUT2D eigenvalue weighted by Crippen LogP contribution is -2.44. The molecule has 1 aromatic rings. The molecule has 0 amide bonds. The minimum Gasteiger partial charge on any atom is -0.308 e. The molecule has 0 aliphatic heterocycles. The summed E-state index contributed by atoms with van der Waals surface area (Å²) in [4.78, 5) is 1.99. The molecule has 0 heterocycles. The Morgan fingerprint density at radius 1 is 1.10 bits per heavy atom. The second-order valence-electron chi connectivity index (χ2n) is 6.06. The maximum Gasteiger partial charge on any atom is 0.390 e. The molecular weight excluding hydrogens is 277 g/mol. The molecule has 0 aliphatic rings. The molecule has 5 heteroatoms. The predicted molar refractivity (Wildman–Crippen MR) is 80.2 cm³/mol. The van der Waals surface area contributed by atoms with Crippen molar-refractivity contribution in [3.05, 3.63) is 35.9 Å². The van der Waals surface area contributed by atoms with E-state index in [-0.39, 0.29) is 12.0 Å². The molecule has 1 rings (SSSR count). The number of hydrogen-bond donors (Lipinski definition) is 1. The number of halogens is 3. The zero-order chi connectivity index (χ0) is 16.0. The van der Waals surface area contributed by atoms with E-state index in [1.165, 1.54) is 0 Å². The highest BCUT2D eigenvalue weighted by atomic mass is 19.4. The van der Waals surface area contributed by atoms with Crippen LogP contribution in [0.5, 0.6) is 0 Å². The van der Waals surface area contributed by atoms with Crippen molar-refractivity contribution in [2.45, 2.75) is 38.5 Å². The zero-order valence-corrected chi connectivity index (χ0v) is 13.1. The summed E-state index contributed by atoms with van der Waals surface area (Å²) in [6.07, 6.45) is -5.04. The molecule has 0 saturated carbocycles. The first kappa shape index (κ1) is 18.0. The number of rotatable bonds is 7. The monoisotopic (exact) mass is 302 g/mol. The largest absolute Gasteiger partial charge is 0.390 e. The Hall–Kier alpha value is -1.07. The molecule has 0 fully saturated rings. The Balaban J connectivity index is 2.90. The van der Waals surface area contributed by atoms with E-state index in [0.717, 1.165) is 0 Å². The van der Waals surface area contributed by atoms with Crippen LogP contribution in [0.15, 0.2) is 30.3 Å². The molecule has 120 valence electrons. The van der Waals surface area contributed by atoms with Crippen molar-refractivity contribution in [3.63, 3.8) is 0 Å². The Morgan fingerprint density at radius 3 is 2.10 bits per heavy atom. The first-order chi connectivity index (χ1) is 9.69. The number of nitrogens with zero attached hydrogens (tertiary/aromatic N) is 1. The van der Waals surface area contributed by atoms with E-state index in [1.807, 2.05) is 38.9 Å².